The van der Waals surface area contributed by atoms with Crippen molar-refractivity contribution in [1.29, 1.82) is 0 Å². The highest BCUT2D eigenvalue weighted by molar-refractivity contribution is 6.06. The molecule has 2 unspecified atom stereocenters. The molecule has 0 heterocycles. The first-order valence-corrected chi connectivity index (χ1v) is 6.10. The van der Waals surface area contributed by atoms with Gasteiger partial charge in [-0.15, -0.1) is 4.91 Å². The van der Waals surface area contributed by atoms with Gasteiger partial charge in [0, 0.05) is 6.42 Å². The molecule has 7 nitrogen and oxygen atoms in total. The zero-order valence-corrected chi connectivity index (χ0v) is 11.6. The maximum Gasteiger partial charge on any atom is 0.336 e. The first-order valence-electron chi connectivity index (χ1n) is 6.10. The third-order valence-corrected chi connectivity index (χ3v) is 2.52. The fourth-order valence-electron chi connectivity index (χ4n) is 1.48. The van der Waals surface area contributed by atoms with Crippen molar-refractivity contribution >= 4 is 17.7 Å². The number of ketones is 1. The van der Waals surface area contributed by atoms with Crippen LogP contribution in [0.15, 0.2) is 5.18 Å². The Morgan fingerprint density at radius 3 is 2.21 bits per heavy atom. The van der Waals surface area contributed by atoms with Crippen LogP contribution in [0.1, 0.15) is 33.6 Å². The van der Waals surface area contributed by atoms with Crippen molar-refractivity contribution in [2.75, 3.05) is 7.11 Å². The van der Waals surface area contributed by atoms with Crippen LogP contribution in [-0.2, 0) is 19.1 Å². The summed E-state index contributed by atoms with van der Waals surface area (Å²) < 4.78 is 4.45. The van der Waals surface area contributed by atoms with Gasteiger partial charge >= 0.3 is 5.97 Å². The van der Waals surface area contributed by atoms with Crippen LogP contribution < -0.4 is 5.32 Å². The number of carbonyl (C=O) groups excluding carboxylic acids is 3. The smallest absolute Gasteiger partial charge is 0.336 e. The molecule has 0 bridgehead atoms. The molecule has 0 spiro atoms. The molecule has 0 saturated carbocycles. The van der Waals surface area contributed by atoms with Gasteiger partial charge in [-0.3, -0.25) is 9.59 Å². The number of nitroso groups, excluding NO2 is 1. The molecule has 0 radical (unpaired) electrons. The maximum atomic E-state index is 11.8. The summed E-state index contributed by atoms with van der Waals surface area (Å²) in [6.45, 7) is 5.23. The van der Waals surface area contributed by atoms with Gasteiger partial charge < -0.3 is 10.1 Å². The van der Waals surface area contributed by atoms with E-state index in [9.17, 15) is 19.3 Å². The van der Waals surface area contributed by atoms with E-state index in [1.54, 1.807) is 6.92 Å². The van der Waals surface area contributed by atoms with Gasteiger partial charge in [0.2, 0.25) is 5.91 Å². The number of carbonyl (C=O) groups is 3. The Kier molecular flexibility index (Phi) is 7.55. The molecule has 1 amide bonds. The second-order valence-electron chi connectivity index (χ2n) is 4.54. The predicted octanol–water partition coefficient (Wildman–Crippen LogP) is 0.804. The van der Waals surface area contributed by atoms with E-state index in [-0.39, 0.29) is 18.8 Å². The zero-order valence-electron chi connectivity index (χ0n) is 11.6. The molecular formula is C12H20N2O5. The molecule has 2 atom stereocenters. The fraction of sp³-hybridized carbons (Fsp3) is 0.750. The Morgan fingerprint density at radius 1 is 1.26 bits per heavy atom. The van der Waals surface area contributed by atoms with Gasteiger partial charge in [0.1, 0.15) is 0 Å². The lowest BCUT2D eigenvalue weighted by atomic mass is 10.0. The molecule has 0 aliphatic heterocycles. The molecule has 19 heavy (non-hydrogen) atoms. The molecule has 0 aliphatic rings. The fourth-order valence-corrected chi connectivity index (χ4v) is 1.48. The molecule has 0 rings (SSSR count). The van der Waals surface area contributed by atoms with Crippen LogP contribution in [0.25, 0.3) is 0 Å². The van der Waals surface area contributed by atoms with E-state index in [0.717, 1.165) is 7.11 Å². The summed E-state index contributed by atoms with van der Waals surface area (Å²) in [4.78, 5) is 45.4. The summed E-state index contributed by atoms with van der Waals surface area (Å²) in [6.07, 6.45) is 0.326. The first kappa shape index (κ1) is 17.2. The maximum absolute atomic E-state index is 11.8. The lowest BCUT2D eigenvalue weighted by Gasteiger charge is -2.17. The molecule has 0 fully saturated rings. The van der Waals surface area contributed by atoms with Crippen LogP contribution in [0.3, 0.4) is 0 Å². The first-order chi connectivity index (χ1) is 8.87. The van der Waals surface area contributed by atoms with Crippen molar-refractivity contribution < 1.29 is 19.1 Å². The van der Waals surface area contributed by atoms with E-state index in [4.69, 9.17) is 0 Å². The number of ether oxygens (including phenoxy) is 1. The number of nitrogens with zero attached hydrogens (tertiary/aromatic N) is 1. The minimum absolute atomic E-state index is 0.0728. The average molecular weight is 272 g/mol. The minimum atomic E-state index is -1.38. The average Bonchev–Trinajstić information content (AvgIpc) is 2.39. The minimum Gasteiger partial charge on any atom is -0.467 e. The van der Waals surface area contributed by atoms with Crippen LogP contribution in [0.5, 0.6) is 0 Å². The van der Waals surface area contributed by atoms with Crippen LogP contribution in [0.2, 0.25) is 0 Å². The summed E-state index contributed by atoms with van der Waals surface area (Å²) >= 11 is 0. The zero-order chi connectivity index (χ0) is 15.0. The molecule has 108 valence electrons. The Labute approximate surface area is 112 Å². The Morgan fingerprint density at radius 2 is 1.84 bits per heavy atom. The number of esters is 1. The van der Waals surface area contributed by atoms with Crippen LogP contribution in [-0.4, -0.2) is 36.9 Å². The number of amides is 1. The molecule has 0 saturated heterocycles. The van der Waals surface area contributed by atoms with Gasteiger partial charge in [-0.05, 0) is 12.3 Å². The third kappa shape index (κ3) is 5.58. The predicted molar refractivity (Wildman–Crippen MR) is 68.3 cm³/mol. The number of rotatable bonds is 8. The van der Waals surface area contributed by atoms with E-state index < -0.39 is 29.7 Å². The van der Waals surface area contributed by atoms with Gasteiger partial charge in [0.15, 0.2) is 17.9 Å². The number of nitrogens with one attached hydrogen (secondary N) is 1. The van der Waals surface area contributed by atoms with E-state index in [1.165, 1.54) is 0 Å². The Balaban J connectivity index is 4.83. The summed E-state index contributed by atoms with van der Waals surface area (Å²) in [5.74, 6) is -1.98. The van der Waals surface area contributed by atoms with Crippen molar-refractivity contribution in [1.82, 2.24) is 5.32 Å². The monoisotopic (exact) mass is 272 g/mol. The topological polar surface area (TPSA) is 102 Å². The second-order valence-corrected chi connectivity index (χ2v) is 4.54. The summed E-state index contributed by atoms with van der Waals surface area (Å²) in [7, 11) is 1.12. The van der Waals surface area contributed by atoms with Crippen molar-refractivity contribution in [3.8, 4) is 0 Å². The standard InChI is InChI=1S/C12H20N2O5/c1-5-9(15)10(12(17)19-4)13-11(16)8(14-18)6-7(2)3/h7-8,10H,5-6H2,1-4H3,(H,13,16). The van der Waals surface area contributed by atoms with Gasteiger partial charge in [-0.25, -0.2) is 4.79 Å². The molecule has 0 aromatic heterocycles. The van der Waals surface area contributed by atoms with E-state index in [0.29, 0.717) is 0 Å². The lowest BCUT2D eigenvalue weighted by molar-refractivity contribution is -0.148. The van der Waals surface area contributed by atoms with Crippen LogP contribution in [0, 0.1) is 10.8 Å². The molecule has 7 heteroatoms. The second kappa shape index (κ2) is 8.34. The van der Waals surface area contributed by atoms with Crippen LogP contribution in [0.4, 0.5) is 0 Å². The number of hydrogen-bond acceptors (Lipinski definition) is 6. The van der Waals surface area contributed by atoms with Crippen molar-refractivity contribution in [3.63, 3.8) is 0 Å². The SMILES string of the molecule is CCC(=O)C(NC(=O)C(CC(C)C)N=O)C(=O)OC. The van der Waals surface area contributed by atoms with Crippen LogP contribution >= 0.6 is 0 Å². The molecular weight excluding hydrogens is 252 g/mol. The summed E-state index contributed by atoms with van der Waals surface area (Å²) in [5.41, 5.74) is 0. The van der Waals surface area contributed by atoms with Crippen molar-refractivity contribution in [3.05, 3.63) is 4.91 Å². The third-order valence-electron chi connectivity index (χ3n) is 2.52. The largest absolute Gasteiger partial charge is 0.467 e. The summed E-state index contributed by atoms with van der Waals surface area (Å²) in [5, 5.41) is 4.94. The highest BCUT2D eigenvalue weighted by atomic mass is 16.5. The Hall–Kier alpha value is -1.79. The van der Waals surface area contributed by atoms with Crippen molar-refractivity contribution in [2.45, 2.75) is 45.7 Å². The Bertz CT molecular complexity index is 338. The molecule has 0 aliphatic carbocycles. The van der Waals surface area contributed by atoms with Crippen molar-refractivity contribution in [2.24, 2.45) is 11.1 Å². The molecule has 0 aromatic carbocycles. The number of hydrogen-bond donors (Lipinski definition) is 1. The van der Waals surface area contributed by atoms with Gasteiger partial charge in [-0.1, -0.05) is 25.9 Å². The van der Waals surface area contributed by atoms with E-state index >= 15 is 0 Å². The van der Waals surface area contributed by atoms with E-state index in [2.05, 4.69) is 15.2 Å². The molecule has 0 aromatic rings. The number of methoxy groups -OCH3 is 1. The lowest BCUT2D eigenvalue weighted by Crippen LogP contribution is -2.50. The number of Topliss-reactive ketones (excluding diaryl/α,β-unsaturated/α-hetero) is 1. The quantitative estimate of drug-likeness (QED) is 0.400. The van der Waals surface area contributed by atoms with Gasteiger partial charge in [0.05, 0.1) is 7.11 Å². The summed E-state index contributed by atoms with van der Waals surface area (Å²) in [6, 6.07) is -2.49. The normalized spacial score (nSPS) is 13.5. The van der Waals surface area contributed by atoms with Gasteiger partial charge in [0.25, 0.3) is 0 Å². The highest BCUT2D eigenvalue weighted by Gasteiger charge is 2.31. The molecule has 1 N–H and O–H groups in total. The van der Waals surface area contributed by atoms with Gasteiger partial charge in [-0.2, -0.15) is 0 Å². The van der Waals surface area contributed by atoms with E-state index in [1.807, 2.05) is 13.8 Å². The highest BCUT2D eigenvalue weighted by Crippen LogP contribution is 2.09.